The number of fused-ring (bicyclic) bond motifs is 3. The molecule has 0 aromatic heterocycles. The van der Waals surface area contributed by atoms with E-state index in [1.807, 2.05) is 0 Å². The summed E-state index contributed by atoms with van der Waals surface area (Å²) >= 11 is 0. The maximum absolute atomic E-state index is 13.3. The Kier molecular flexibility index (Phi) is 6.34. The second-order valence-electron chi connectivity index (χ2n) is 9.80. The lowest BCUT2D eigenvalue weighted by molar-refractivity contribution is -0.149. The number of hydrogen-bond acceptors (Lipinski definition) is 10. The molecule has 3 atom stereocenters. The number of benzene rings is 1. The van der Waals surface area contributed by atoms with Gasteiger partial charge in [-0.3, -0.25) is 14.4 Å². The molecule has 0 saturated heterocycles. The number of ether oxygens (including phenoxy) is 2. The van der Waals surface area contributed by atoms with Crippen LogP contribution in [0.2, 0.25) is 0 Å². The first kappa shape index (κ1) is 25.4. The van der Waals surface area contributed by atoms with Gasteiger partial charge in [0.2, 0.25) is 5.78 Å². The Morgan fingerprint density at radius 3 is 2.15 bits per heavy atom. The number of ketones is 1. The fourth-order valence-electron chi connectivity index (χ4n) is 5.73. The monoisotopic (exact) mass is 478 g/mol. The summed E-state index contributed by atoms with van der Waals surface area (Å²) in [5, 5.41) is 53.8. The molecular formula is C24H30O10. The van der Waals surface area contributed by atoms with Crippen molar-refractivity contribution in [3.05, 3.63) is 28.0 Å². The number of aliphatic hydroxyl groups is 2. The number of aliphatic hydroxyl groups excluding tert-OH is 2. The van der Waals surface area contributed by atoms with Gasteiger partial charge in [-0.05, 0) is 23.8 Å². The first-order valence-corrected chi connectivity index (χ1v) is 10.9. The van der Waals surface area contributed by atoms with E-state index < -0.39 is 82.4 Å². The fourth-order valence-corrected chi connectivity index (χ4v) is 5.73. The van der Waals surface area contributed by atoms with E-state index in [1.54, 1.807) is 20.8 Å². The van der Waals surface area contributed by atoms with Gasteiger partial charge in [0.1, 0.15) is 18.5 Å². The van der Waals surface area contributed by atoms with Gasteiger partial charge in [-0.2, -0.15) is 0 Å². The Bertz CT molecular complexity index is 1100. The summed E-state index contributed by atoms with van der Waals surface area (Å²) in [4.78, 5) is 36.2. The smallest absolute Gasteiger partial charge is 0.302 e. The molecule has 0 bridgehead atoms. The van der Waals surface area contributed by atoms with Crippen LogP contribution in [-0.2, 0) is 24.5 Å². The highest BCUT2D eigenvalue weighted by Gasteiger charge is 2.56. The number of carbonyl (C=O) groups is 3. The molecule has 0 heterocycles. The molecule has 1 fully saturated rings. The van der Waals surface area contributed by atoms with Crippen LogP contribution in [0.4, 0.5) is 0 Å². The number of hydrogen-bond donors (Lipinski definition) is 5. The van der Waals surface area contributed by atoms with E-state index in [0.29, 0.717) is 12.0 Å². The Hall–Kier alpha value is -3.27. The Labute approximate surface area is 196 Å². The van der Waals surface area contributed by atoms with Crippen LogP contribution in [0.1, 0.15) is 74.9 Å². The first-order valence-electron chi connectivity index (χ1n) is 10.9. The van der Waals surface area contributed by atoms with Crippen molar-refractivity contribution in [2.24, 2.45) is 5.41 Å². The third kappa shape index (κ3) is 3.85. The lowest BCUT2D eigenvalue weighted by atomic mass is 9.53. The highest BCUT2D eigenvalue weighted by atomic mass is 16.5. The third-order valence-corrected chi connectivity index (χ3v) is 6.74. The van der Waals surface area contributed by atoms with Gasteiger partial charge >= 0.3 is 11.9 Å². The van der Waals surface area contributed by atoms with E-state index in [4.69, 9.17) is 9.47 Å². The predicted molar refractivity (Wildman–Crippen MR) is 118 cm³/mol. The van der Waals surface area contributed by atoms with Crippen molar-refractivity contribution in [1.29, 1.82) is 0 Å². The predicted octanol–water partition coefficient (Wildman–Crippen LogP) is 2.46. The SMILES string of the molecule is CC(=O)OC[C@H](CO)c1c(O)c(O)c2c(c1O)C(=O)C(O)=C1C(C)(C)C[C@H](OC(C)=O)C[C@@]12C. The minimum atomic E-state index is -1.29. The molecule has 0 amide bonds. The second kappa shape index (κ2) is 8.50. The summed E-state index contributed by atoms with van der Waals surface area (Å²) in [5.41, 5.74) is -2.78. The highest BCUT2D eigenvalue weighted by molar-refractivity contribution is 6.13. The zero-order chi connectivity index (χ0) is 25.7. The van der Waals surface area contributed by atoms with Crippen LogP contribution in [-0.4, -0.2) is 62.6 Å². The van der Waals surface area contributed by atoms with Crippen LogP contribution >= 0.6 is 0 Å². The third-order valence-electron chi connectivity index (χ3n) is 6.74. The molecule has 5 N–H and O–H groups in total. The fraction of sp³-hybridized carbons (Fsp3) is 0.542. The van der Waals surface area contributed by atoms with Gasteiger partial charge < -0.3 is 35.0 Å². The molecular weight excluding hydrogens is 448 g/mol. The van der Waals surface area contributed by atoms with Crippen LogP contribution in [0, 0.1) is 5.41 Å². The average Bonchev–Trinajstić information content (AvgIpc) is 2.69. The molecule has 0 spiro atoms. The summed E-state index contributed by atoms with van der Waals surface area (Å²) in [6.45, 7) is 6.42. The normalized spacial score (nSPS) is 24.2. The van der Waals surface area contributed by atoms with E-state index in [0.717, 1.165) is 6.92 Å². The van der Waals surface area contributed by atoms with Crippen molar-refractivity contribution in [3.8, 4) is 17.2 Å². The topological polar surface area (TPSA) is 171 Å². The minimum absolute atomic E-state index is 0.0678. The number of esters is 2. The number of allylic oxidation sites excluding steroid dienone is 2. The van der Waals surface area contributed by atoms with E-state index in [-0.39, 0.29) is 17.5 Å². The standard InChI is InChI=1S/C24H30O10/c1-10(26)33-9-12(8-25)14-17(28)15-16(20(31)18(14)29)24(5)7-13(34-11(2)27)6-23(3,4)22(24)21(32)19(15)30/h12-13,25,28-29,31-32H,6-9H2,1-5H3/t12-,13-,24+/m0/s1. The minimum Gasteiger partial charge on any atom is -0.507 e. The van der Waals surface area contributed by atoms with Crippen molar-refractivity contribution in [2.75, 3.05) is 13.2 Å². The van der Waals surface area contributed by atoms with Crippen molar-refractivity contribution >= 4 is 17.7 Å². The molecule has 1 aromatic rings. The molecule has 10 heteroatoms. The maximum atomic E-state index is 13.3. The number of aromatic hydroxyl groups is 3. The van der Waals surface area contributed by atoms with Gasteiger partial charge in [0.25, 0.3) is 0 Å². The van der Waals surface area contributed by atoms with Crippen LogP contribution in [0.25, 0.3) is 0 Å². The quantitative estimate of drug-likeness (QED) is 0.240. The number of rotatable bonds is 5. The molecule has 2 aliphatic rings. The van der Waals surface area contributed by atoms with E-state index in [2.05, 4.69) is 0 Å². The van der Waals surface area contributed by atoms with Gasteiger partial charge in [0.15, 0.2) is 17.3 Å². The van der Waals surface area contributed by atoms with Crippen molar-refractivity contribution < 1.29 is 49.4 Å². The van der Waals surface area contributed by atoms with Crippen LogP contribution < -0.4 is 0 Å². The zero-order valence-corrected chi connectivity index (χ0v) is 19.8. The van der Waals surface area contributed by atoms with E-state index in [1.165, 1.54) is 6.92 Å². The number of phenolic OH excluding ortho intramolecular Hbond substituents is 3. The maximum Gasteiger partial charge on any atom is 0.302 e. The molecule has 34 heavy (non-hydrogen) atoms. The van der Waals surface area contributed by atoms with Gasteiger partial charge in [-0.1, -0.05) is 20.8 Å². The van der Waals surface area contributed by atoms with Crippen LogP contribution in [0.5, 0.6) is 17.2 Å². The molecule has 3 rings (SSSR count). The Morgan fingerprint density at radius 2 is 1.62 bits per heavy atom. The second-order valence-corrected chi connectivity index (χ2v) is 9.80. The molecule has 186 valence electrons. The number of carbonyl (C=O) groups excluding carboxylic acids is 3. The summed E-state index contributed by atoms with van der Waals surface area (Å²) in [5.74, 6) is -6.17. The van der Waals surface area contributed by atoms with Gasteiger partial charge in [-0.15, -0.1) is 0 Å². The van der Waals surface area contributed by atoms with E-state index in [9.17, 15) is 39.9 Å². The zero-order valence-electron chi connectivity index (χ0n) is 19.8. The van der Waals surface area contributed by atoms with Gasteiger partial charge in [-0.25, -0.2) is 0 Å². The average molecular weight is 478 g/mol. The van der Waals surface area contributed by atoms with Crippen molar-refractivity contribution in [3.63, 3.8) is 0 Å². The van der Waals surface area contributed by atoms with E-state index >= 15 is 0 Å². The van der Waals surface area contributed by atoms with Crippen molar-refractivity contribution in [1.82, 2.24) is 0 Å². The molecule has 1 aromatic carbocycles. The summed E-state index contributed by atoms with van der Waals surface area (Å²) in [7, 11) is 0. The molecule has 1 saturated carbocycles. The highest BCUT2D eigenvalue weighted by Crippen LogP contribution is 2.61. The van der Waals surface area contributed by atoms with Gasteiger partial charge in [0.05, 0.1) is 12.2 Å². The lowest BCUT2D eigenvalue weighted by Crippen LogP contribution is -2.49. The molecule has 0 radical (unpaired) electrons. The molecule has 0 unspecified atom stereocenters. The van der Waals surface area contributed by atoms with Crippen LogP contribution in [0.3, 0.4) is 0 Å². The summed E-state index contributed by atoms with van der Waals surface area (Å²) < 4.78 is 10.3. The molecule has 2 aliphatic carbocycles. The first-order chi connectivity index (χ1) is 15.7. The number of Topliss-reactive ketones (excluding diaryl/α,β-unsaturated/α-hetero) is 1. The molecule has 0 aliphatic heterocycles. The van der Waals surface area contributed by atoms with Crippen LogP contribution in [0.15, 0.2) is 11.3 Å². The summed E-state index contributed by atoms with van der Waals surface area (Å²) in [6, 6.07) is 0. The van der Waals surface area contributed by atoms with Gasteiger partial charge in [0, 0.05) is 36.3 Å². The summed E-state index contributed by atoms with van der Waals surface area (Å²) in [6.07, 6.45) is -0.262. The Balaban J connectivity index is 2.30. The van der Waals surface area contributed by atoms with Crippen molar-refractivity contribution in [2.45, 2.75) is 64.9 Å². The largest absolute Gasteiger partial charge is 0.507 e. The lowest BCUT2D eigenvalue weighted by Gasteiger charge is -2.51. The number of phenols is 3. The Morgan fingerprint density at radius 1 is 1.00 bits per heavy atom. The molecule has 10 nitrogen and oxygen atoms in total.